The van der Waals surface area contributed by atoms with Crippen LogP contribution in [0.2, 0.25) is 0 Å². The highest BCUT2D eigenvalue weighted by molar-refractivity contribution is 6.07. The molecule has 0 aromatic heterocycles. The fourth-order valence-electron chi connectivity index (χ4n) is 3.22. The summed E-state index contributed by atoms with van der Waals surface area (Å²) >= 11 is 0. The molecule has 0 bridgehead atoms. The Morgan fingerprint density at radius 1 is 1.17 bits per heavy atom. The Labute approximate surface area is 135 Å². The van der Waals surface area contributed by atoms with Crippen LogP contribution in [0.3, 0.4) is 0 Å². The molecule has 6 nitrogen and oxygen atoms in total. The van der Waals surface area contributed by atoms with Gasteiger partial charge in [0.25, 0.3) is 0 Å². The normalized spacial score (nSPS) is 24.0. The van der Waals surface area contributed by atoms with E-state index in [4.69, 9.17) is 5.73 Å². The van der Waals surface area contributed by atoms with Gasteiger partial charge in [-0.2, -0.15) is 0 Å². The maximum atomic E-state index is 12.6. The molecule has 0 radical (unpaired) electrons. The van der Waals surface area contributed by atoms with Crippen molar-refractivity contribution in [2.75, 3.05) is 26.2 Å². The Morgan fingerprint density at radius 3 is 2.48 bits per heavy atom. The Morgan fingerprint density at radius 2 is 1.87 bits per heavy atom. The van der Waals surface area contributed by atoms with Crippen LogP contribution in [-0.4, -0.2) is 59.0 Å². The van der Waals surface area contributed by atoms with Gasteiger partial charge in [0, 0.05) is 32.7 Å². The highest BCUT2D eigenvalue weighted by Crippen LogP contribution is 2.47. The van der Waals surface area contributed by atoms with Crippen LogP contribution in [0.15, 0.2) is 30.3 Å². The Balaban J connectivity index is 1.64. The van der Waals surface area contributed by atoms with Gasteiger partial charge in [0.2, 0.25) is 11.8 Å². The zero-order chi connectivity index (χ0) is 16.4. The number of carbonyl (C=O) groups excluding carboxylic acids is 2. The van der Waals surface area contributed by atoms with Gasteiger partial charge in [-0.25, -0.2) is 0 Å². The predicted molar refractivity (Wildman–Crippen MR) is 85.2 cm³/mol. The first-order valence-corrected chi connectivity index (χ1v) is 8.05. The molecule has 0 spiro atoms. The van der Waals surface area contributed by atoms with Crippen molar-refractivity contribution in [2.45, 2.75) is 25.5 Å². The summed E-state index contributed by atoms with van der Waals surface area (Å²) in [5.74, 6) is -0.756. The Hall–Kier alpha value is -1.92. The van der Waals surface area contributed by atoms with Crippen LogP contribution in [-0.2, 0) is 16.1 Å². The first kappa shape index (κ1) is 16.0. The number of rotatable bonds is 4. The standard InChI is InChI=1S/C17H23N3O3/c18-15(22)17(6-7-17)16(23)20-9-8-19(11-14(21)12-20)10-13-4-2-1-3-5-13/h1-5,14,21H,6-12H2,(H2,18,22)/t14-/m0/s1. The van der Waals surface area contributed by atoms with E-state index in [-0.39, 0.29) is 12.5 Å². The maximum absolute atomic E-state index is 12.6. The number of nitrogens with two attached hydrogens (primary N) is 1. The molecule has 3 N–H and O–H groups in total. The first-order chi connectivity index (χ1) is 11.0. The number of aliphatic hydroxyl groups is 1. The fraction of sp³-hybridized carbons (Fsp3) is 0.529. The summed E-state index contributed by atoms with van der Waals surface area (Å²) in [6.07, 6.45) is 0.442. The molecular formula is C17H23N3O3. The predicted octanol–water partition coefficient (Wildman–Crippen LogP) is -0.0428. The molecule has 1 aliphatic carbocycles. The Bertz CT molecular complexity index is 586. The quantitative estimate of drug-likeness (QED) is 0.763. The van der Waals surface area contributed by atoms with Gasteiger partial charge in [-0.3, -0.25) is 14.5 Å². The van der Waals surface area contributed by atoms with Crippen LogP contribution in [0, 0.1) is 5.41 Å². The van der Waals surface area contributed by atoms with Crippen LogP contribution in [0.25, 0.3) is 0 Å². The van der Waals surface area contributed by atoms with Crippen LogP contribution in [0.5, 0.6) is 0 Å². The van der Waals surface area contributed by atoms with E-state index in [1.54, 1.807) is 4.90 Å². The molecule has 1 aromatic rings. The topological polar surface area (TPSA) is 86.9 Å². The summed E-state index contributed by atoms with van der Waals surface area (Å²) in [6.45, 7) is 2.70. The van der Waals surface area contributed by atoms with Gasteiger partial charge >= 0.3 is 0 Å². The molecule has 1 saturated heterocycles. The third kappa shape index (κ3) is 3.38. The summed E-state index contributed by atoms with van der Waals surface area (Å²) in [4.78, 5) is 27.9. The number of hydrogen-bond acceptors (Lipinski definition) is 4. The number of hydrogen-bond donors (Lipinski definition) is 2. The largest absolute Gasteiger partial charge is 0.390 e. The average Bonchev–Trinajstić information content (AvgIpc) is 3.33. The minimum absolute atomic E-state index is 0.217. The second-order valence-electron chi connectivity index (χ2n) is 6.57. The van der Waals surface area contributed by atoms with E-state index in [2.05, 4.69) is 4.90 Å². The molecule has 1 heterocycles. The number of aliphatic hydroxyl groups excluding tert-OH is 1. The first-order valence-electron chi connectivity index (χ1n) is 8.05. The Kier molecular flexibility index (Phi) is 4.37. The lowest BCUT2D eigenvalue weighted by Gasteiger charge is -2.25. The van der Waals surface area contributed by atoms with Crippen molar-refractivity contribution < 1.29 is 14.7 Å². The van der Waals surface area contributed by atoms with E-state index in [0.717, 1.165) is 6.54 Å². The lowest BCUT2D eigenvalue weighted by atomic mass is 10.0. The van der Waals surface area contributed by atoms with Crippen molar-refractivity contribution in [1.82, 2.24) is 9.80 Å². The number of amides is 2. The zero-order valence-electron chi connectivity index (χ0n) is 13.1. The van der Waals surface area contributed by atoms with Gasteiger partial charge in [-0.15, -0.1) is 0 Å². The van der Waals surface area contributed by atoms with Crippen molar-refractivity contribution >= 4 is 11.8 Å². The van der Waals surface area contributed by atoms with Crippen molar-refractivity contribution in [3.63, 3.8) is 0 Å². The summed E-state index contributed by atoms with van der Waals surface area (Å²) in [6, 6.07) is 10.0. The van der Waals surface area contributed by atoms with E-state index in [0.29, 0.717) is 32.5 Å². The van der Waals surface area contributed by atoms with Crippen LogP contribution in [0.4, 0.5) is 0 Å². The van der Waals surface area contributed by atoms with E-state index in [1.165, 1.54) is 5.56 Å². The fourth-order valence-corrected chi connectivity index (χ4v) is 3.22. The van der Waals surface area contributed by atoms with E-state index in [1.807, 2.05) is 30.3 Å². The van der Waals surface area contributed by atoms with Gasteiger partial charge in [0.1, 0.15) is 5.41 Å². The monoisotopic (exact) mass is 317 g/mol. The molecule has 1 aliphatic heterocycles. The molecular weight excluding hydrogens is 294 g/mol. The second kappa shape index (κ2) is 6.29. The summed E-state index contributed by atoms with van der Waals surface area (Å²) < 4.78 is 0. The maximum Gasteiger partial charge on any atom is 0.238 e. The SMILES string of the molecule is NC(=O)C1(C(=O)N2CCN(Cc3ccccc3)C[C@H](O)C2)CC1. The van der Waals surface area contributed by atoms with Crippen LogP contribution >= 0.6 is 0 Å². The number of benzene rings is 1. The third-order valence-electron chi connectivity index (χ3n) is 4.75. The minimum atomic E-state index is -1.01. The van der Waals surface area contributed by atoms with E-state index in [9.17, 15) is 14.7 Å². The summed E-state index contributed by atoms with van der Waals surface area (Å²) in [5.41, 5.74) is 5.55. The van der Waals surface area contributed by atoms with Gasteiger partial charge < -0.3 is 15.7 Å². The zero-order valence-corrected chi connectivity index (χ0v) is 13.1. The summed E-state index contributed by atoms with van der Waals surface area (Å²) in [5, 5.41) is 10.2. The van der Waals surface area contributed by atoms with Gasteiger partial charge in [0.05, 0.1) is 6.10 Å². The molecule has 0 unspecified atom stereocenters. The molecule has 2 fully saturated rings. The lowest BCUT2D eigenvalue weighted by Crippen LogP contribution is -2.46. The van der Waals surface area contributed by atoms with Crippen molar-refractivity contribution in [3.8, 4) is 0 Å². The third-order valence-corrected chi connectivity index (χ3v) is 4.75. The van der Waals surface area contributed by atoms with Crippen LogP contribution < -0.4 is 5.73 Å². The van der Waals surface area contributed by atoms with Gasteiger partial charge in [0.15, 0.2) is 0 Å². The number of nitrogens with zero attached hydrogens (tertiary/aromatic N) is 2. The minimum Gasteiger partial charge on any atom is -0.390 e. The van der Waals surface area contributed by atoms with Crippen molar-refractivity contribution in [2.24, 2.45) is 11.1 Å². The molecule has 23 heavy (non-hydrogen) atoms. The van der Waals surface area contributed by atoms with E-state index < -0.39 is 17.4 Å². The lowest BCUT2D eigenvalue weighted by molar-refractivity contribution is -0.143. The molecule has 124 valence electrons. The molecule has 2 aliphatic rings. The average molecular weight is 317 g/mol. The number of carbonyl (C=O) groups is 2. The smallest absolute Gasteiger partial charge is 0.238 e. The van der Waals surface area contributed by atoms with Crippen molar-refractivity contribution in [1.29, 1.82) is 0 Å². The number of primary amides is 1. The van der Waals surface area contributed by atoms with Crippen molar-refractivity contribution in [3.05, 3.63) is 35.9 Å². The molecule has 1 saturated carbocycles. The molecule has 2 amide bonds. The molecule has 1 atom stereocenters. The summed E-state index contributed by atoms with van der Waals surface area (Å²) in [7, 11) is 0. The highest BCUT2D eigenvalue weighted by Gasteiger charge is 2.57. The molecule has 6 heteroatoms. The second-order valence-corrected chi connectivity index (χ2v) is 6.57. The van der Waals surface area contributed by atoms with Gasteiger partial charge in [-0.1, -0.05) is 30.3 Å². The number of β-amino-alcohol motifs (C(OH)–C–C–N with tert-alkyl or cyclic N) is 1. The van der Waals surface area contributed by atoms with Gasteiger partial charge in [-0.05, 0) is 18.4 Å². The van der Waals surface area contributed by atoms with Crippen LogP contribution in [0.1, 0.15) is 18.4 Å². The van der Waals surface area contributed by atoms with E-state index >= 15 is 0 Å². The molecule has 3 rings (SSSR count). The highest BCUT2D eigenvalue weighted by atomic mass is 16.3. The molecule has 1 aromatic carbocycles.